The molecule has 0 N–H and O–H groups in total. The van der Waals surface area contributed by atoms with Crippen LogP contribution in [-0.2, 0) is 6.61 Å². The van der Waals surface area contributed by atoms with E-state index in [2.05, 4.69) is 0 Å². The highest BCUT2D eigenvalue weighted by Crippen LogP contribution is 2.42. The summed E-state index contributed by atoms with van der Waals surface area (Å²) in [5, 5.41) is 0. The molecule has 164 valence electrons. The highest BCUT2D eigenvalue weighted by atomic mass is 32.1. The van der Waals surface area contributed by atoms with Crippen LogP contribution in [0.2, 0.25) is 0 Å². The quantitative estimate of drug-likeness (QED) is 0.602. The second-order valence-electron chi connectivity index (χ2n) is 8.02. The summed E-state index contributed by atoms with van der Waals surface area (Å²) >= 11 is 1.52. The molecule has 2 aliphatic heterocycles. The van der Waals surface area contributed by atoms with Crippen molar-refractivity contribution in [1.82, 2.24) is 9.80 Å². The number of nitrogens with zero attached hydrogens (tertiary/aromatic N) is 2. The zero-order valence-electron chi connectivity index (χ0n) is 18.1. The number of hydrogen-bond donors (Lipinski definition) is 0. The molecule has 1 fully saturated rings. The molecule has 0 radical (unpaired) electrons. The minimum Gasteiger partial charge on any atom is -0.496 e. The van der Waals surface area contributed by atoms with Crippen LogP contribution in [0.15, 0.2) is 48.5 Å². The van der Waals surface area contributed by atoms with E-state index >= 15 is 0 Å². The molecule has 2 aromatic carbocycles. The molecular formula is C25H24N2O4S. The first kappa shape index (κ1) is 20.6. The van der Waals surface area contributed by atoms with Gasteiger partial charge >= 0.3 is 0 Å². The second kappa shape index (κ2) is 8.31. The average Bonchev–Trinajstić information content (AvgIpc) is 3.28. The fourth-order valence-corrected chi connectivity index (χ4v) is 5.37. The molecule has 0 aliphatic carbocycles. The third-order valence-electron chi connectivity index (χ3n) is 6.04. The van der Waals surface area contributed by atoms with Gasteiger partial charge in [-0.1, -0.05) is 18.2 Å². The summed E-state index contributed by atoms with van der Waals surface area (Å²) in [4.78, 5) is 31.6. The molecule has 5 rings (SSSR count). The summed E-state index contributed by atoms with van der Waals surface area (Å²) in [6.45, 7) is 4.49. The molecule has 0 bridgehead atoms. The molecular weight excluding hydrogens is 424 g/mol. The Hall–Kier alpha value is -3.32. The number of aryl methyl sites for hydroxylation is 1. The van der Waals surface area contributed by atoms with Gasteiger partial charge in [-0.15, -0.1) is 11.3 Å². The number of fused-ring (bicyclic) bond motifs is 3. The second-order valence-corrected chi connectivity index (χ2v) is 9.07. The number of ether oxygens (including phenoxy) is 2. The lowest BCUT2D eigenvalue weighted by atomic mass is 10.1. The lowest BCUT2D eigenvalue weighted by Gasteiger charge is -2.34. The van der Waals surface area contributed by atoms with E-state index in [1.54, 1.807) is 18.1 Å². The van der Waals surface area contributed by atoms with E-state index in [4.69, 9.17) is 9.47 Å². The Balaban J connectivity index is 1.27. The molecule has 3 aromatic rings. The van der Waals surface area contributed by atoms with Crippen molar-refractivity contribution in [2.75, 3.05) is 33.3 Å². The van der Waals surface area contributed by atoms with Gasteiger partial charge in [0.25, 0.3) is 11.8 Å². The summed E-state index contributed by atoms with van der Waals surface area (Å²) in [6.07, 6.45) is 0. The maximum absolute atomic E-state index is 13.2. The maximum Gasteiger partial charge on any atom is 0.264 e. The lowest BCUT2D eigenvalue weighted by molar-refractivity contribution is 0.0538. The molecule has 0 atom stereocenters. The number of carbonyl (C=O) groups excluding carboxylic acids is 2. The smallest absolute Gasteiger partial charge is 0.264 e. The number of para-hydroxylation sites is 1. The Labute approximate surface area is 191 Å². The normalized spacial score (nSPS) is 14.9. The van der Waals surface area contributed by atoms with E-state index in [9.17, 15) is 9.59 Å². The van der Waals surface area contributed by atoms with E-state index in [0.717, 1.165) is 32.2 Å². The maximum atomic E-state index is 13.2. The zero-order chi connectivity index (χ0) is 22.2. The SMILES string of the molecule is COc1cc(C(=O)N2CCN(C(=O)c3cc4c(s3)-c3ccccc3OC4)CC2)ccc1C. The molecule has 6 nitrogen and oxygen atoms in total. The summed E-state index contributed by atoms with van der Waals surface area (Å²) in [5.41, 5.74) is 3.70. The monoisotopic (exact) mass is 448 g/mol. The first-order chi connectivity index (χ1) is 15.5. The van der Waals surface area contributed by atoms with Crippen LogP contribution < -0.4 is 9.47 Å². The summed E-state index contributed by atoms with van der Waals surface area (Å²) < 4.78 is 11.2. The average molecular weight is 449 g/mol. The highest BCUT2D eigenvalue weighted by Gasteiger charge is 2.29. The van der Waals surface area contributed by atoms with Crippen molar-refractivity contribution >= 4 is 23.2 Å². The molecule has 7 heteroatoms. The minimum atomic E-state index is -0.0317. The van der Waals surface area contributed by atoms with Gasteiger partial charge in [-0.3, -0.25) is 9.59 Å². The minimum absolute atomic E-state index is 0.0194. The standard InChI is InChI=1S/C25H24N2O4S/c1-16-7-8-17(13-21(16)30-2)24(28)26-9-11-27(12-10-26)25(29)22-14-18-15-31-20-6-4-3-5-19(20)23(18)32-22/h3-8,13-14H,9-12,15H2,1-2H3. The van der Waals surface area contributed by atoms with Gasteiger partial charge in [0.15, 0.2) is 0 Å². The molecule has 2 amide bonds. The molecule has 1 saturated heterocycles. The van der Waals surface area contributed by atoms with Crippen molar-refractivity contribution in [3.8, 4) is 21.9 Å². The van der Waals surface area contributed by atoms with Crippen LogP contribution in [0.4, 0.5) is 0 Å². The number of hydrogen-bond acceptors (Lipinski definition) is 5. The van der Waals surface area contributed by atoms with E-state index in [-0.39, 0.29) is 11.8 Å². The molecule has 3 heterocycles. The van der Waals surface area contributed by atoms with E-state index < -0.39 is 0 Å². The van der Waals surface area contributed by atoms with Crippen molar-refractivity contribution in [2.45, 2.75) is 13.5 Å². The molecule has 0 unspecified atom stereocenters. The summed E-state index contributed by atoms with van der Waals surface area (Å²) in [5.74, 6) is 1.55. The first-order valence-electron chi connectivity index (χ1n) is 10.6. The van der Waals surface area contributed by atoms with Gasteiger partial charge in [-0.05, 0) is 42.8 Å². The molecule has 32 heavy (non-hydrogen) atoms. The van der Waals surface area contributed by atoms with Crippen LogP contribution in [0, 0.1) is 6.92 Å². The van der Waals surface area contributed by atoms with Crippen LogP contribution in [0.5, 0.6) is 11.5 Å². The highest BCUT2D eigenvalue weighted by molar-refractivity contribution is 7.17. The van der Waals surface area contributed by atoms with Crippen LogP contribution in [0.1, 0.15) is 31.2 Å². The molecule has 0 spiro atoms. The molecule has 0 saturated carbocycles. The van der Waals surface area contributed by atoms with Gasteiger partial charge in [0.1, 0.15) is 18.1 Å². The zero-order valence-corrected chi connectivity index (χ0v) is 18.9. The van der Waals surface area contributed by atoms with E-state index in [1.165, 1.54) is 11.3 Å². The van der Waals surface area contributed by atoms with Gasteiger partial charge in [-0.25, -0.2) is 0 Å². The fourth-order valence-electron chi connectivity index (χ4n) is 4.21. The Morgan fingerprint density at radius 3 is 2.44 bits per heavy atom. The van der Waals surface area contributed by atoms with Crippen LogP contribution >= 0.6 is 11.3 Å². The Kier molecular flexibility index (Phi) is 5.35. The van der Waals surface area contributed by atoms with Crippen molar-refractivity contribution in [3.05, 3.63) is 70.1 Å². The topological polar surface area (TPSA) is 59.1 Å². The Morgan fingerprint density at radius 1 is 0.969 bits per heavy atom. The number of piperazine rings is 1. The van der Waals surface area contributed by atoms with Crippen LogP contribution in [0.25, 0.3) is 10.4 Å². The van der Waals surface area contributed by atoms with Crippen LogP contribution in [0.3, 0.4) is 0 Å². The van der Waals surface area contributed by atoms with Crippen molar-refractivity contribution in [2.24, 2.45) is 0 Å². The van der Waals surface area contributed by atoms with Gasteiger partial charge < -0.3 is 19.3 Å². The van der Waals surface area contributed by atoms with Crippen molar-refractivity contribution < 1.29 is 19.1 Å². The summed E-state index contributed by atoms with van der Waals surface area (Å²) in [6, 6.07) is 15.4. The van der Waals surface area contributed by atoms with Gasteiger partial charge in [0, 0.05) is 47.7 Å². The molecule has 2 aliphatic rings. The lowest BCUT2D eigenvalue weighted by Crippen LogP contribution is -2.50. The summed E-state index contributed by atoms with van der Waals surface area (Å²) in [7, 11) is 1.61. The van der Waals surface area contributed by atoms with Crippen LogP contribution in [-0.4, -0.2) is 54.9 Å². The number of thiophene rings is 1. The van der Waals surface area contributed by atoms with Gasteiger partial charge in [0.2, 0.25) is 0 Å². The fraction of sp³-hybridized carbons (Fsp3) is 0.280. The largest absolute Gasteiger partial charge is 0.496 e. The van der Waals surface area contributed by atoms with Gasteiger partial charge in [-0.2, -0.15) is 0 Å². The third kappa shape index (κ3) is 3.62. The predicted molar refractivity (Wildman–Crippen MR) is 124 cm³/mol. The number of benzene rings is 2. The number of carbonyl (C=O) groups is 2. The number of methoxy groups -OCH3 is 1. The first-order valence-corrected chi connectivity index (χ1v) is 11.4. The molecule has 1 aromatic heterocycles. The Morgan fingerprint density at radius 2 is 1.69 bits per heavy atom. The van der Waals surface area contributed by atoms with E-state index in [0.29, 0.717) is 44.1 Å². The van der Waals surface area contributed by atoms with Crippen molar-refractivity contribution in [3.63, 3.8) is 0 Å². The number of amides is 2. The van der Waals surface area contributed by atoms with E-state index in [1.807, 2.05) is 54.3 Å². The predicted octanol–water partition coefficient (Wildman–Crippen LogP) is 4.22. The Bertz CT molecular complexity index is 1190. The van der Waals surface area contributed by atoms with Crippen molar-refractivity contribution in [1.29, 1.82) is 0 Å². The third-order valence-corrected chi connectivity index (χ3v) is 7.24. The number of rotatable bonds is 3. The van der Waals surface area contributed by atoms with Gasteiger partial charge in [0.05, 0.1) is 12.0 Å².